The summed E-state index contributed by atoms with van der Waals surface area (Å²) in [6.07, 6.45) is 12.3. The van der Waals surface area contributed by atoms with Crippen LogP contribution in [-0.2, 0) is 26.5 Å². The quantitative estimate of drug-likeness (QED) is 0.123. The van der Waals surface area contributed by atoms with Gasteiger partial charge in [0.05, 0.1) is 13.7 Å². The van der Waals surface area contributed by atoms with Crippen molar-refractivity contribution in [1.82, 2.24) is 9.97 Å². The molecule has 3 nitrogen and oxygen atoms in total. The average molecular weight is 877 g/mol. The maximum absolute atomic E-state index is 6.10. The summed E-state index contributed by atoms with van der Waals surface area (Å²) in [4.78, 5) is 9.29. The molecule has 4 aromatic carbocycles. The van der Waals surface area contributed by atoms with E-state index < -0.39 is 8.07 Å². The average Bonchev–Trinajstić information content (AvgIpc) is 3.49. The van der Waals surface area contributed by atoms with E-state index in [9.17, 15) is 0 Å². The normalized spacial score (nSPS) is 13.4. The van der Waals surface area contributed by atoms with E-state index in [0.717, 1.165) is 55.9 Å². The van der Waals surface area contributed by atoms with Crippen molar-refractivity contribution in [3.05, 3.63) is 138 Å². The summed E-state index contributed by atoms with van der Waals surface area (Å²) in [6.45, 7) is 13.6. The smallest absolute Gasteiger partial charge is 0.121 e. The van der Waals surface area contributed by atoms with Crippen LogP contribution in [0.5, 0.6) is 0 Å². The zero-order valence-corrected chi connectivity index (χ0v) is 34.7. The van der Waals surface area contributed by atoms with Gasteiger partial charge in [-0.05, 0) is 66.0 Å². The Kier molecular flexibility index (Phi) is 11.7. The van der Waals surface area contributed by atoms with Crippen molar-refractivity contribution >= 4 is 35.2 Å². The molecule has 0 spiro atoms. The van der Waals surface area contributed by atoms with Gasteiger partial charge in [0.25, 0.3) is 0 Å². The van der Waals surface area contributed by atoms with Crippen molar-refractivity contribution in [1.29, 1.82) is 0 Å². The molecule has 0 bridgehead atoms. The Morgan fingerprint density at radius 2 is 1.38 bits per heavy atom. The molecular formula is C47H48IrN2OSi-2. The number of pyridine rings is 2. The van der Waals surface area contributed by atoms with Gasteiger partial charge in [-0.3, -0.25) is 0 Å². The fraction of sp³-hybridized carbons (Fsp3) is 0.277. The van der Waals surface area contributed by atoms with Crippen LogP contribution >= 0.6 is 0 Å². The maximum atomic E-state index is 6.10. The van der Waals surface area contributed by atoms with E-state index in [4.69, 9.17) is 9.40 Å². The van der Waals surface area contributed by atoms with Crippen LogP contribution < -0.4 is 5.19 Å². The molecule has 1 aliphatic carbocycles. The monoisotopic (exact) mass is 877 g/mol. The molecule has 1 aliphatic rings. The number of rotatable bonds is 6. The molecule has 52 heavy (non-hydrogen) atoms. The van der Waals surface area contributed by atoms with Crippen molar-refractivity contribution in [3.8, 4) is 33.6 Å². The van der Waals surface area contributed by atoms with E-state index in [-0.39, 0.29) is 20.1 Å². The van der Waals surface area contributed by atoms with Crippen molar-refractivity contribution in [3.63, 3.8) is 0 Å². The maximum Gasteiger partial charge on any atom is 0.121 e. The second kappa shape index (κ2) is 16.2. The van der Waals surface area contributed by atoms with Gasteiger partial charge in [0.15, 0.2) is 0 Å². The number of hydrogen-bond acceptors (Lipinski definition) is 3. The number of benzene rings is 4. The fourth-order valence-corrected chi connectivity index (χ4v) is 8.99. The minimum atomic E-state index is -1.37. The molecule has 267 valence electrons. The SMILES string of the molecule is Cc1cc[c-]c(-c2cc(CC3CCCCC3)c([Si](C)(C)C)cn2)c1.Cc1ccc(-c2ccc3c(c2)oc2c[c-]c(-c4cc(C)ccn4)cc23)cc1.[Ir]. The van der Waals surface area contributed by atoms with Gasteiger partial charge < -0.3 is 14.4 Å². The third kappa shape index (κ3) is 8.72. The van der Waals surface area contributed by atoms with Gasteiger partial charge in [0, 0.05) is 37.9 Å². The van der Waals surface area contributed by atoms with Gasteiger partial charge in [0.2, 0.25) is 0 Å². The van der Waals surface area contributed by atoms with Crippen LogP contribution in [0.15, 0.2) is 108 Å². The number of hydrogen-bond donors (Lipinski definition) is 0. The Labute approximate surface area is 324 Å². The molecule has 5 heteroatoms. The van der Waals surface area contributed by atoms with Crippen LogP contribution in [0.25, 0.3) is 55.6 Å². The first kappa shape index (κ1) is 37.6. The van der Waals surface area contributed by atoms with Gasteiger partial charge in [-0.2, -0.15) is 0 Å². The largest absolute Gasteiger partial charge is 0.500 e. The Morgan fingerprint density at radius 1 is 0.673 bits per heavy atom. The minimum Gasteiger partial charge on any atom is -0.500 e. The van der Waals surface area contributed by atoms with Crippen LogP contribution in [0, 0.1) is 38.8 Å². The van der Waals surface area contributed by atoms with Crippen molar-refractivity contribution in [2.45, 2.75) is 78.9 Å². The number of fused-ring (bicyclic) bond motifs is 3. The topological polar surface area (TPSA) is 38.9 Å². The predicted molar refractivity (Wildman–Crippen MR) is 217 cm³/mol. The van der Waals surface area contributed by atoms with E-state index in [2.05, 4.69) is 137 Å². The molecule has 7 aromatic rings. The van der Waals surface area contributed by atoms with Gasteiger partial charge in [-0.15, -0.1) is 59.2 Å². The Morgan fingerprint density at radius 3 is 2.12 bits per heavy atom. The van der Waals surface area contributed by atoms with Crippen molar-refractivity contribution < 1.29 is 24.5 Å². The second-order valence-corrected chi connectivity index (χ2v) is 20.5. The van der Waals surface area contributed by atoms with Crippen molar-refractivity contribution in [2.75, 3.05) is 0 Å². The molecule has 0 atom stereocenters. The molecule has 8 rings (SSSR count). The zero-order valence-electron chi connectivity index (χ0n) is 31.3. The standard InChI is InChI=1S/C25H18NO.C22H30NSi.Ir/c1-16-3-5-18(6-4-16)19-7-9-21-22-14-20(23-13-17(2)11-12-26-23)8-10-24(22)27-25(21)15-19;1-17-9-8-12-19(13-17)21-15-20(14-18-10-6-5-7-11-18)22(16-23-21)24(2,3)4;/h3-7,9-15H,1-2H3;8-9,13,15-16,18H,5-7,10-11,14H2,1-4H3;/q2*-1;. The molecule has 0 saturated heterocycles. The Balaban J connectivity index is 0.000000177. The summed E-state index contributed by atoms with van der Waals surface area (Å²) in [5, 5.41) is 3.76. The molecule has 1 radical (unpaired) electrons. The molecular weight excluding hydrogens is 829 g/mol. The van der Waals surface area contributed by atoms with E-state index >= 15 is 0 Å². The molecule has 0 aliphatic heterocycles. The summed E-state index contributed by atoms with van der Waals surface area (Å²) >= 11 is 0. The number of aromatic nitrogens is 2. The van der Waals surface area contributed by atoms with Gasteiger partial charge in [-0.25, -0.2) is 0 Å². The molecule has 1 fully saturated rings. The number of aryl methyl sites for hydroxylation is 3. The first-order chi connectivity index (χ1) is 24.6. The third-order valence-electron chi connectivity index (χ3n) is 10.2. The zero-order chi connectivity index (χ0) is 35.5. The Bertz CT molecular complexity index is 2290. The summed E-state index contributed by atoms with van der Waals surface area (Å²) in [5.41, 5.74) is 13.5. The first-order valence-corrected chi connectivity index (χ1v) is 22.0. The van der Waals surface area contributed by atoms with Crippen LogP contribution in [0.2, 0.25) is 19.6 Å². The van der Waals surface area contributed by atoms with Gasteiger partial charge in [0.1, 0.15) is 5.58 Å². The minimum absolute atomic E-state index is 0. The van der Waals surface area contributed by atoms with E-state index in [0.29, 0.717) is 0 Å². The van der Waals surface area contributed by atoms with Crippen LogP contribution in [0.3, 0.4) is 0 Å². The van der Waals surface area contributed by atoms with E-state index in [1.165, 1.54) is 60.8 Å². The van der Waals surface area contributed by atoms with E-state index in [1.54, 1.807) is 10.8 Å². The van der Waals surface area contributed by atoms with Crippen LogP contribution in [0.1, 0.15) is 54.4 Å². The molecule has 0 amide bonds. The number of furan rings is 1. The predicted octanol–water partition coefficient (Wildman–Crippen LogP) is 12.3. The fourth-order valence-electron chi connectivity index (χ4n) is 7.40. The van der Waals surface area contributed by atoms with Crippen LogP contribution in [-0.4, -0.2) is 18.0 Å². The molecule has 0 unspecified atom stereocenters. The van der Waals surface area contributed by atoms with Gasteiger partial charge >= 0.3 is 0 Å². The molecule has 3 heterocycles. The van der Waals surface area contributed by atoms with Crippen LogP contribution in [0.4, 0.5) is 0 Å². The summed E-state index contributed by atoms with van der Waals surface area (Å²) < 4.78 is 6.10. The van der Waals surface area contributed by atoms with E-state index in [1.807, 2.05) is 24.4 Å². The first-order valence-electron chi connectivity index (χ1n) is 18.5. The third-order valence-corrected chi connectivity index (χ3v) is 12.3. The van der Waals surface area contributed by atoms with Gasteiger partial charge in [-0.1, -0.05) is 129 Å². The summed E-state index contributed by atoms with van der Waals surface area (Å²) in [6, 6.07) is 38.4. The molecule has 0 N–H and O–H groups in total. The molecule has 1 saturated carbocycles. The second-order valence-electron chi connectivity index (χ2n) is 15.5. The van der Waals surface area contributed by atoms with Crippen molar-refractivity contribution in [2.24, 2.45) is 5.92 Å². The summed E-state index contributed by atoms with van der Waals surface area (Å²) in [7, 11) is -1.37. The summed E-state index contributed by atoms with van der Waals surface area (Å²) in [5.74, 6) is 0.866. The number of nitrogens with zero attached hydrogens (tertiary/aromatic N) is 2. The Hall–Kier alpha value is -4.15. The molecule has 3 aromatic heterocycles.